The van der Waals surface area contributed by atoms with E-state index in [0.29, 0.717) is 24.2 Å². The molecule has 1 aliphatic rings. The molecule has 2 aromatic heterocycles. The lowest BCUT2D eigenvalue weighted by atomic mass is 10.2. The minimum absolute atomic E-state index is 0.0487. The van der Waals surface area contributed by atoms with Gasteiger partial charge in [0.15, 0.2) is 5.82 Å². The maximum atomic E-state index is 10.8. The molecule has 0 atom stereocenters. The van der Waals surface area contributed by atoms with Crippen LogP contribution in [0.5, 0.6) is 0 Å². The quantitative estimate of drug-likeness (QED) is 0.508. The third-order valence-electron chi connectivity index (χ3n) is 5.00. The van der Waals surface area contributed by atoms with E-state index in [1.807, 2.05) is 19.1 Å². The highest BCUT2D eigenvalue weighted by atomic mass is 16.6. The highest BCUT2D eigenvalue weighted by Gasteiger charge is 2.17. The summed E-state index contributed by atoms with van der Waals surface area (Å²) < 4.78 is 2.08. The summed E-state index contributed by atoms with van der Waals surface area (Å²) in [6, 6.07) is 10.7. The highest BCUT2D eigenvalue weighted by Crippen LogP contribution is 2.28. The van der Waals surface area contributed by atoms with Gasteiger partial charge in [-0.15, -0.1) is 0 Å². The number of anilines is 1. The van der Waals surface area contributed by atoms with Gasteiger partial charge in [0, 0.05) is 35.7 Å². The molecule has 4 rings (SSSR count). The van der Waals surface area contributed by atoms with Gasteiger partial charge in [0.2, 0.25) is 0 Å². The summed E-state index contributed by atoms with van der Waals surface area (Å²) in [5, 5.41) is 18.8. The van der Waals surface area contributed by atoms with E-state index in [4.69, 9.17) is 0 Å². The van der Waals surface area contributed by atoms with Crippen molar-refractivity contribution in [3.8, 4) is 11.4 Å². The lowest BCUT2D eigenvalue weighted by Crippen LogP contribution is -2.08. The first-order chi connectivity index (χ1) is 13.6. The Morgan fingerprint density at radius 3 is 2.64 bits per heavy atom. The smallest absolute Gasteiger partial charge is 0.269 e. The molecule has 0 saturated heterocycles. The summed E-state index contributed by atoms with van der Waals surface area (Å²) in [5.74, 6) is 1.24. The van der Waals surface area contributed by atoms with Gasteiger partial charge in [-0.05, 0) is 38.0 Å². The second-order valence-electron chi connectivity index (χ2n) is 7.10. The van der Waals surface area contributed by atoms with Crippen LogP contribution in [0.3, 0.4) is 0 Å². The first-order valence-corrected chi connectivity index (χ1v) is 9.47. The molecule has 144 valence electrons. The molecule has 0 spiro atoms. The Balaban J connectivity index is 1.47. The molecule has 1 N–H and O–H groups in total. The Hall–Kier alpha value is -3.29. The summed E-state index contributed by atoms with van der Waals surface area (Å²) >= 11 is 0. The van der Waals surface area contributed by atoms with Gasteiger partial charge >= 0.3 is 0 Å². The van der Waals surface area contributed by atoms with Crippen LogP contribution in [0.15, 0.2) is 42.6 Å². The molecule has 2 heterocycles. The minimum atomic E-state index is -0.418. The molecule has 8 heteroatoms. The van der Waals surface area contributed by atoms with Gasteiger partial charge in [-0.2, -0.15) is 5.10 Å². The Bertz CT molecular complexity index is 977. The van der Waals surface area contributed by atoms with Crippen molar-refractivity contribution in [2.24, 2.45) is 0 Å². The van der Waals surface area contributed by atoms with Crippen LogP contribution in [0.2, 0.25) is 0 Å². The van der Waals surface area contributed by atoms with E-state index in [0.717, 1.165) is 17.0 Å². The number of nitrogens with zero attached hydrogens (tertiary/aromatic N) is 5. The van der Waals surface area contributed by atoms with Crippen molar-refractivity contribution in [2.75, 3.05) is 5.32 Å². The molecule has 1 fully saturated rings. The van der Waals surface area contributed by atoms with Gasteiger partial charge in [-0.1, -0.05) is 12.8 Å². The molecule has 0 unspecified atom stereocenters. The Morgan fingerprint density at radius 1 is 1.18 bits per heavy atom. The van der Waals surface area contributed by atoms with Crippen LogP contribution < -0.4 is 5.32 Å². The van der Waals surface area contributed by atoms with Gasteiger partial charge in [0.1, 0.15) is 5.82 Å². The van der Waals surface area contributed by atoms with Gasteiger partial charge in [0.25, 0.3) is 5.69 Å². The van der Waals surface area contributed by atoms with Crippen molar-refractivity contribution in [3.63, 3.8) is 0 Å². The predicted octanol–water partition coefficient (Wildman–Crippen LogP) is 4.28. The number of aryl methyl sites for hydroxylation is 1. The van der Waals surface area contributed by atoms with Crippen molar-refractivity contribution in [1.82, 2.24) is 19.7 Å². The lowest BCUT2D eigenvalue weighted by Gasteiger charge is -2.10. The zero-order valence-electron chi connectivity index (χ0n) is 15.7. The van der Waals surface area contributed by atoms with Gasteiger partial charge in [-0.3, -0.25) is 14.8 Å². The topological polar surface area (TPSA) is 98.8 Å². The summed E-state index contributed by atoms with van der Waals surface area (Å²) in [6.07, 6.45) is 7.03. The molecule has 28 heavy (non-hydrogen) atoms. The van der Waals surface area contributed by atoms with Crippen molar-refractivity contribution in [1.29, 1.82) is 0 Å². The van der Waals surface area contributed by atoms with E-state index in [-0.39, 0.29) is 5.69 Å². The zero-order valence-corrected chi connectivity index (χ0v) is 15.7. The van der Waals surface area contributed by atoms with Gasteiger partial charge < -0.3 is 5.32 Å². The van der Waals surface area contributed by atoms with Crippen molar-refractivity contribution < 1.29 is 4.92 Å². The highest BCUT2D eigenvalue weighted by molar-refractivity contribution is 5.59. The minimum Gasteiger partial charge on any atom is -0.364 e. The Kier molecular flexibility index (Phi) is 5.01. The second-order valence-corrected chi connectivity index (χ2v) is 7.10. The Labute approximate surface area is 162 Å². The normalized spacial score (nSPS) is 14.3. The number of non-ortho nitro benzene ring substituents is 1. The number of benzene rings is 1. The molecule has 1 aliphatic carbocycles. The van der Waals surface area contributed by atoms with Gasteiger partial charge in [0.05, 0.1) is 23.2 Å². The van der Waals surface area contributed by atoms with Crippen molar-refractivity contribution >= 4 is 11.5 Å². The van der Waals surface area contributed by atoms with E-state index >= 15 is 0 Å². The first-order valence-electron chi connectivity index (χ1n) is 9.47. The fraction of sp³-hybridized carbons (Fsp3) is 0.350. The molecular formula is C20H22N6O2. The molecular weight excluding hydrogens is 356 g/mol. The fourth-order valence-electron chi connectivity index (χ4n) is 3.55. The number of nitro benzene ring substituents is 1. The average molecular weight is 378 g/mol. The molecule has 0 bridgehead atoms. The molecule has 1 aromatic carbocycles. The van der Waals surface area contributed by atoms with Crippen molar-refractivity contribution in [2.45, 2.75) is 45.2 Å². The summed E-state index contributed by atoms with van der Waals surface area (Å²) in [6.45, 7) is 2.48. The molecule has 8 nitrogen and oxygen atoms in total. The maximum absolute atomic E-state index is 10.8. The largest absolute Gasteiger partial charge is 0.364 e. The SMILES string of the molecule is Cc1cc(NCc2ccn(C3CCCC3)n2)nc(-c2ccc([N+](=O)[O-])cc2)n1. The number of hydrogen-bond acceptors (Lipinski definition) is 6. The van der Waals surface area contributed by atoms with E-state index in [1.165, 1.54) is 37.8 Å². The van der Waals surface area contributed by atoms with Crippen molar-refractivity contribution in [3.05, 3.63) is 64.1 Å². The Morgan fingerprint density at radius 2 is 1.93 bits per heavy atom. The van der Waals surface area contributed by atoms with Gasteiger partial charge in [-0.25, -0.2) is 9.97 Å². The van der Waals surface area contributed by atoms with Crippen LogP contribution in [0, 0.1) is 17.0 Å². The van der Waals surface area contributed by atoms with E-state index < -0.39 is 4.92 Å². The molecule has 3 aromatic rings. The van der Waals surface area contributed by atoms with Crippen LogP contribution in [0.4, 0.5) is 11.5 Å². The monoisotopic (exact) mass is 378 g/mol. The summed E-state index contributed by atoms with van der Waals surface area (Å²) in [7, 11) is 0. The van der Waals surface area contributed by atoms with Crippen LogP contribution in [0.1, 0.15) is 43.1 Å². The molecule has 1 saturated carbocycles. The van der Waals surface area contributed by atoms with Crippen LogP contribution in [0.25, 0.3) is 11.4 Å². The molecule has 0 amide bonds. The second kappa shape index (κ2) is 7.75. The van der Waals surface area contributed by atoms with Crippen LogP contribution in [-0.4, -0.2) is 24.7 Å². The van der Waals surface area contributed by atoms with Crippen LogP contribution >= 0.6 is 0 Å². The lowest BCUT2D eigenvalue weighted by molar-refractivity contribution is -0.384. The molecule has 0 aliphatic heterocycles. The maximum Gasteiger partial charge on any atom is 0.269 e. The third-order valence-corrected chi connectivity index (χ3v) is 5.00. The number of hydrogen-bond donors (Lipinski definition) is 1. The van der Waals surface area contributed by atoms with E-state index in [9.17, 15) is 10.1 Å². The van der Waals surface area contributed by atoms with E-state index in [1.54, 1.807) is 12.1 Å². The number of rotatable bonds is 6. The standard InChI is InChI=1S/C20H22N6O2/c1-14-12-19(21-13-16-10-11-25(24-16)17-4-2-3-5-17)23-20(22-14)15-6-8-18(9-7-15)26(27)28/h6-12,17H,2-5,13H2,1H3,(H,21,22,23). The predicted molar refractivity (Wildman–Crippen MR) is 106 cm³/mol. The fourth-order valence-corrected chi connectivity index (χ4v) is 3.55. The average Bonchev–Trinajstić information content (AvgIpc) is 3.37. The first kappa shape index (κ1) is 18.1. The summed E-state index contributed by atoms with van der Waals surface area (Å²) in [5.41, 5.74) is 2.58. The number of nitro groups is 1. The zero-order chi connectivity index (χ0) is 19.5. The summed E-state index contributed by atoms with van der Waals surface area (Å²) in [4.78, 5) is 19.4. The van der Waals surface area contributed by atoms with E-state index in [2.05, 4.69) is 31.3 Å². The molecule has 0 radical (unpaired) electrons. The number of nitrogens with one attached hydrogen (secondary N) is 1. The van der Waals surface area contributed by atoms with Crippen LogP contribution in [-0.2, 0) is 6.54 Å². The third kappa shape index (κ3) is 4.00. The number of aromatic nitrogens is 4.